The van der Waals surface area contributed by atoms with Crippen LogP contribution in [0.25, 0.3) is 0 Å². The van der Waals surface area contributed by atoms with Gasteiger partial charge in [0.2, 0.25) is 0 Å². The van der Waals surface area contributed by atoms with Gasteiger partial charge in [-0.3, -0.25) is 4.79 Å². The van der Waals surface area contributed by atoms with Gasteiger partial charge in [0.05, 0.1) is 6.61 Å². The number of hydrogen-bond acceptors (Lipinski definition) is 3. The zero-order valence-corrected chi connectivity index (χ0v) is 8.93. The van der Waals surface area contributed by atoms with E-state index in [1.807, 2.05) is 0 Å². The summed E-state index contributed by atoms with van der Waals surface area (Å²) in [7, 11) is 0. The molecule has 0 aliphatic rings. The molecular weight excluding hydrogens is 166 g/mol. The molecule has 0 aromatic heterocycles. The molecule has 0 aliphatic carbocycles. The summed E-state index contributed by atoms with van der Waals surface area (Å²) in [5, 5.41) is 0. The molecule has 0 aromatic carbocycles. The van der Waals surface area contributed by atoms with Gasteiger partial charge in [0.25, 0.3) is 0 Å². The number of carbonyl (C=O) groups excluding carboxylic acids is 1. The van der Waals surface area contributed by atoms with Gasteiger partial charge in [-0.05, 0) is 20.3 Å². The van der Waals surface area contributed by atoms with E-state index in [2.05, 4.69) is 6.92 Å². The Morgan fingerprint density at radius 1 is 1.38 bits per heavy atom. The molecule has 0 radical (unpaired) electrons. The standard InChI is InChI=1S/C10H21NO2/c1-4-6-7-8-10(3,11)9(12)13-5-2/h4-8,11H2,1-3H3. The predicted molar refractivity (Wildman–Crippen MR) is 53.4 cm³/mol. The van der Waals surface area contributed by atoms with Gasteiger partial charge >= 0.3 is 5.97 Å². The quantitative estimate of drug-likeness (QED) is 0.510. The first kappa shape index (κ1) is 12.4. The molecule has 2 N–H and O–H groups in total. The highest BCUT2D eigenvalue weighted by atomic mass is 16.5. The van der Waals surface area contributed by atoms with Crippen molar-refractivity contribution < 1.29 is 9.53 Å². The Kier molecular flexibility index (Phi) is 5.71. The topological polar surface area (TPSA) is 52.3 Å². The second kappa shape index (κ2) is 5.97. The van der Waals surface area contributed by atoms with Crippen molar-refractivity contribution in [3.05, 3.63) is 0 Å². The molecule has 0 spiro atoms. The number of esters is 1. The lowest BCUT2D eigenvalue weighted by Gasteiger charge is -2.21. The zero-order valence-electron chi connectivity index (χ0n) is 8.93. The number of carbonyl (C=O) groups is 1. The van der Waals surface area contributed by atoms with Crippen LogP contribution in [0.2, 0.25) is 0 Å². The van der Waals surface area contributed by atoms with E-state index in [4.69, 9.17) is 10.5 Å². The smallest absolute Gasteiger partial charge is 0.325 e. The maximum atomic E-state index is 11.3. The first-order valence-corrected chi connectivity index (χ1v) is 5.00. The fraction of sp³-hybridized carbons (Fsp3) is 0.900. The van der Waals surface area contributed by atoms with Crippen molar-refractivity contribution in [3.63, 3.8) is 0 Å². The minimum Gasteiger partial charge on any atom is -0.465 e. The Morgan fingerprint density at radius 2 is 2.00 bits per heavy atom. The highest BCUT2D eigenvalue weighted by molar-refractivity contribution is 5.79. The Labute approximate surface area is 80.6 Å². The Hall–Kier alpha value is -0.570. The van der Waals surface area contributed by atoms with E-state index >= 15 is 0 Å². The third-order valence-corrected chi connectivity index (χ3v) is 2.04. The molecule has 3 nitrogen and oxygen atoms in total. The predicted octanol–water partition coefficient (Wildman–Crippen LogP) is 1.85. The molecule has 0 rings (SSSR count). The van der Waals surface area contributed by atoms with Crippen LogP contribution >= 0.6 is 0 Å². The first-order chi connectivity index (χ1) is 6.04. The van der Waals surface area contributed by atoms with Crippen LogP contribution in [0.3, 0.4) is 0 Å². The van der Waals surface area contributed by atoms with Crippen LogP contribution < -0.4 is 5.73 Å². The molecule has 1 atom stereocenters. The highest BCUT2D eigenvalue weighted by Gasteiger charge is 2.28. The lowest BCUT2D eigenvalue weighted by molar-refractivity contribution is -0.149. The summed E-state index contributed by atoms with van der Waals surface area (Å²) in [5.74, 6) is -0.286. The molecule has 3 heteroatoms. The van der Waals surface area contributed by atoms with Crippen molar-refractivity contribution in [2.24, 2.45) is 5.73 Å². The molecule has 0 saturated heterocycles. The third-order valence-electron chi connectivity index (χ3n) is 2.04. The third kappa shape index (κ3) is 4.88. The maximum Gasteiger partial charge on any atom is 0.325 e. The summed E-state index contributed by atoms with van der Waals surface area (Å²) in [6.45, 7) is 6.05. The average molecular weight is 187 g/mol. The summed E-state index contributed by atoms with van der Waals surface area (Å²) in [6.07, 6.45) is 3.95. The molecule has 0 bridgehead atoms. The van der Waals surface area contributed by atoms with Crippen molar-refractivity contribution in [2.75, 3.05) is 6.61 Å². The molecule has 0 aromatic rings. The van der Waals surface area contributed by atoms with Crippen LogP contribution in [0.4, 0.5) is 0 Å². The van der Waals surface area contributed by atoms with Crippen molar-refractivity contribution in [1.29, 1.82) is 0 Å². The van der Waals surface area contributed by atoms with Crippen molar-refractivity contribution in [2.45, 2.75) is 52.0 Å². The monoisotopic (exact) mass is 187 g/mol. The van der Waals surface area contributed by atoms with Crippen molar-refractivity contribution in [3.8, 4) is 0 Å². The molecule has 78 valence electrons. The molecule has 0 fully saturated rings. The zero-order chi connectivity index (χ0) is 10.3. The summed E-state index contributed by atoms with van der Waals surface area (Å²) in [4.78, 5) is 11.3. The van der Waals surface area contributed by atoms with Gasteiger partial charge in [0.1, 0.15) is 5.54 Å². The van der Waals surface area contributed by atoms with E-state index in [9.17, 15) is 4.79 Å². The van der Waals surface area contributed by atoms with Gasteiger partial charge in [0, 0.05) is 0 Å². The van der Waals surface area contributed by atoms with E-state index in [0.29, 0.717) is 13.0 Å². The van der Waals surface area contributed by atoms with E-state index in [1.165, 1.54) is 0 Å². The molecular formula is C10H21NO2. The van der Waals surface area contributed by atoms with Crippen molar-refractivity contribution >= 4 is 5.97 Å². The van der Waals surface area contributed by atoms with Crippen LogP contribution in [-0.4, -0.2) is 18.1 Å². The molecule has 0 amide bonds. The lowest BCUT2D eigenvalue weighted by Crippen LogP contribution is -2.46. The number of unbranched alkanes of at least 4 members (excludes halogenated alkanes) is 2. The van der Waals surface area contributed by atoms with Crippen molar-refractivity contribution in [1.82, 2.24) is 0 Å². The fourth-order valence-electron chi connectivity index (χ4n) is 1.14. The summed E-state index contributed by atoms with van der Waals surface area (Å²) < 4.78 is 4.87. The number of rotatable bonds is 6. The van der Waals surface area contributed by atoms with E-state index < -0.39 is 5.54 Å². The molecule has 0 aliphatic heterocycles. The lowest BCUT2D eigenvalue weighted by atomic mass is 9.96. The van der Waals surface area contributed by atoms with Gasteiger partial charge < -0.3 is 10.5 Å². The molecule has 0 heterocycles. The summed E-state index contributed by atoms with van der Waals surface area (Å²) in [6, 6.07) is 0. The number of nitrogens with two attached hydrogens (primary N) is 1. The molecule has 13 heavy (non-hydrogen) atoms. The van der Waals surface area contributed by atoms with Gasteiger partial charge in [-0.15, -0.1) is 0 Å². The van der Waals surface area contributed by atoms with Crippen LogP contribution in [0.5, 0.6) is 0 Å². The largest absolute Gasteiger partial charge is 0.465 e. The van der Waals surface area contributed by atoms with Gasteiger partial charge in [0.15, 0.2) is 0 Å². The highest BCUT2D eigenvalue weighted by Crippen LogP contribution is 2.13. The van der Waals surface area contributed by atoms with Crippen LogP contribution in [0.1, 0.15) is 46.5 Å². The Morgan fingerprint density at radius 3 is 2.46 bits per heavy atom. The van der Waals surface area contributed by atoms with Crippen LogP contribution in [-0.2, 0) is 9.53 Å². The number of hydrogen-bond donors (Lipinski definition) is 1. The number of ether oxygens (including phenoxy) is 1. The van der Waals surface area contributed by atoms with E-state index in [0.717, 1.165) is 19.3 Å². The van der Waals surface area contributed by atoms with Gasteiger partial charge in [-0.25, -0.2) is 0 Å². The normalized spacial score (nSPS) is 15.1. The van der Waals surface area contributed by atoms with Gasteiger partial charge in [-0.2, -0.15) is 0 Å². The Balaban J connectivity index is 3.83. The summed E-state index contributed by atoms with van der Waals surface area (Å²) >= 11 is 0. The first-order valence-electron chi connectivity index (χ1n) is 5.00. The van der Waals surface area contributed by atoms with E-state index in [1.54, 1.807) is 13.8 Å². The minimum absolute atomic E-state index is 0.286. The van der Waals surface area contributed by atoms with Crippen LogP contribution in [0.15, 0.2) is 0 Å². The van der Waals surface area contributed by atoms with E-state index in [-0.39, 0.29) is 5.97 Å². The Bertz CT molecular complexity index is 155. The average Bonchev–Trinajstić information content (AvgIpc) is 2.05. The fourth-order valence-corrected chi connectivity index (χ4v) is 1.14. The van der Waals surface area contributed by atoms with Crippen LogP contribution in [0, 0.1) is 0 Å². The summed E-state index contributed by atoms with van der Waals surface area (Å²) in [5.41, 5.74) is 5.01. The second-order valence-electron chi connectivity index (χ2n) is 3.60. The minimum atomic E-state index is -0.800. The molecule has 0 saturated carbocycles. The van der Waals surface area contributed by atoms with Gasteiger partial charge in [-0.1, -0.05) is 26.2 Å². The second-order valence-corrected chi connectivity index (χ2v) is 3.60. The SMILES string of the molecule is CCCCCC(C)(N)C(=O)OCC. The molecule has 1 unspecified atom stereocenters. The maximum absolute atomic E-state index is 11.3.